The highest BCUT2D eigenvalue weighted by Gasteiger charge is 2.39. The van der Waals surface area contributed by atoms with Crippen LogP contribution in [0.4, 0.5) is 13.2 Å². The van der Waals surface area contributed by atoms with Crippen molar-refractivity contribution in [3.05, 3.63) is 41.5 Å². The van der Waals surface area contributed by atoms with Crippen molar-refractivity contribution in [3.63, 3.8) is 0 Å². The third-order valence-corrected chi connectivity index (χ3v) is 3.70. The van der Waals surface area contributed by atoms with Gasteiger partial charge in [-0.2, -0.15) is 18.2 Å². The maximum Gasteiger partial charge on any atom is 0.419 e. The topological polar surface area (TPSA) is 74.2 Å². The van der Waals surface area contributed by atoms with Crippen LogP contribution in [0.3, 0.4) is 0 Å². The number of para-hydroxylation sites is 1. The van der Waals surface area contributed by atoms with Gasteiger partial charge in [0.05, 0.1) is 11.1 Å². The second-order valence-corrected chi connectivity index (χ2v) is 5.30. The standard InChI is InChI=1S/C14H14F3N3O2.ClH/c15-14(16,17)9-4-1-2-5-10(9)21-8-11-19-12(20-22-11)13(18)6-3-7-13;/h1-2,4-5H,3,6-8,18H2;1H. The monoisotopic (exact) mass is 349 g/mol. The molecule has 1 heterocycles. The molecular formula is C14H15ClF3N3O2. The Bertz CT molecular complexity index is 671. The Balaban J connectivity index is 0.00000192. The zero-order valence-corrected chi connectivity index (χ0v) is 12.8. The van der Waals surface area contributed by atoms with Gasteiger partial charge in [-0.3, -0.25) is 0 Å². The summed E-state index contributed by atoms with van der Waals surface area (Å²) in [6.07, 6.45) is -1.95. The molecule has 23 heavy (non-hydrogen) atoms. The summed E-state index contributed by atoms with van der Waals surface area (Å²) in [6.45, 7) is -0.240. The van der Waals surface area contributed by atoms with E-state index in [1.54, 1.807) is 0 Å². The predicted octanol–water partition coefficient (Wildman–Crippen LogP) is 3.43. The van der Waals surface area contributed by atoms with Crippen molar-refractivity contribution >= 4 is 12.4 Å². The fourth-order valence-corrected chi connectivity index (χ4v) is 2.26. The number of nitrogens with two attached hydrogens (primary N) is 1. The van der Waals surface area contributed by atoms with Gasteiger partial charge in [-0.05, 0) is 31.4 Å². The fourth-order valence-electron chi connectivity index (χ4n) is 2.26. The van der Waals surface area contributed by atoms with E-state index in [4.69, 9.17) is 15.0 Å². The Morgan fingerprint density at radius 3 is 2.57 bits per heavy atom. The molecular weight excluding hydrogens is 335 g/mol. The Labute approximate surface area is 136 Å². The smallest absolute Gasteiger partial charge is 0.419 e. The molecule has 0 aliphatic heterocycles. The van der Waals surface area contributed by atoms with Crippen LogP contribution >= 0.6 is 12.4 Å². The molecule has 5 nitrogen and oxygen atoms in total. The van der Waals surface area contributed by atoms with E-state index >= 15 is 0 Å². The van der Waals surface area contributed by atoms with Crippen molar-refractivity contribution in [2.75, 3.05) is 0 Å². The maximum absolute atomic E-state index is 12.8. The second-order valence-electron chi connectivity index (χ2n) is 5.30. The van der Waals surface area contributed by atoms with E-state index in [9.17, 15) is 13.2 Å². The molecule has 1 saturated carbocycles. The van der Waals surface area contributed by atoms with Crippen molar-refractivity contribution in [2.45, 2.75) is 37.6 Å². The molecule has 0 unspecified atom stereocenters. The number of rotatable bonds is 4. The van der Waals surface area contributed by atoms with Gasteiger partial charge in [-0.15, -0.1) is 12.4 Å². The average molecular weight is 350 g/mol. The molecule has 126 valence electrons. The lowest BCUT2D eigenvalue weighted by Crippen LogP contribution is -2.44. The Morgan fingerprint density at radius 1 is 1.26 bits per heavy atom. The number of halogens is 4. The summed E-state index contributed by atoms with van der Waals surface area (Å²) >= 11 is 0. The zero-order chi connectivity index (χ0) is 15.8. The first kappa shape index (κ1) is 17.6. The summed E-state index contributed by atoms with van der Waals surface area (Å²) in [7, 11) is 0. The predicted molar refractivity (Wildman–Crippen MR) is 77.0 cm³/mol. The first-order valence-corrected chi connectivity index (χ1v) is 6.79. The molecule has 2 N–H and O–H groups in total. The van der Waals surface area contributed by atoms with Crippen molar-refractivity contribution in [3.8, 4) is 5.75 Å². The number of hydrogen-bond donors (Lipinski definition) is 1. The number of ether oxygens (including phenoxy) is 1. The Morgan fingerprint density at radius 2 is 1.96 bits per heavy atom. The van der Waals surface area contributed by atoms with Crippen molar-refractivity contribution in [2.24, 2.45) is 5.73 Å². The fraction of sp³-hybridized carbons (Fsp3) is 0.429. The summed E-state index contributed by atoms with van der Waals surface area (Å²) in [4.78, 5) is 4.10. The van der Waals surface area contributed by atoms with Gasteiger partial charge >= 0.3 is 6.18 Å². The molecule has 0 saturated heterocycles. The van der Waals surface area contributed by atoms with Crippen LogP contribution in [0.1, 0.15) is 36.5 Å². The van der Waals surface area contributed by atoms with Crippen LogP contribution in [0.25, 0.3) is 0 Å². The number of hydrogen-bond acceptors (Lipinski definition) is 5. The van der Waals surface area contributed by atoms with Crippen LogP contribution in [0.2, 0.25) is 0 Å². The van der Waals surface area contributed by atoms with E-state index < -0.39 is 17.3 Å². The molecule has 0 radical (unpaired) electrons. The lowest BCUT2D eigenvalue weighted by Gasteiger charge is -2.34. The number of nitrogens with zero attached hydrogens (tertiary/aromatic N) is 2. The van der Waals surface area contributed by atoms with Gasteiger partial charge < -0.3 is 15.0 Å². The van der Waals surface area contributed by atoms with Crippen LogP contribution in [0, 0.1) is 0 Å². The Hall–Kier alpha value is -1.80. The van der Waals surface area contributed by atoms with E-state index in [0.717, 1.165) is 25.3 Å². The molecule has 0 spiro atoms. The van der Waals surface area contributed by atoms with E-state index in [-0.39, 0.29) is 30.7 Å². The second kappa shape index (κ2) is 6.37. The molecule has 1 fully saturated rings. The van der Waals surface area contributed by atoms with E-state index in [1.807, 2.05) is 0 Å². The van der Waals surface area contributed by atoms with Crippen molar-refractivity contribution in [1.82, 2.24) is 10.1 Å². The van der Waals surface area contributed by atoms with Gasteiger partial charge in [0.2, 0.25) is 0 Å². The van der Waals surface area contributed by atoms with Gasteiger partial charge in [0, 0.05) is 0 Å². The van der Waals surface area contributed by atoms with Crippen molar-refractivity contribution in [1.29, 1.82) is 0 Å². The molecule has 9 heteroatoms. The minimum atomic E-state index is -4.48. The number of alkyl halides is 3. The first-order chi connectivity index (χ1) is 10.4. The zero-order valence-electron chi connectivity index (χ0n) is 12.0. The highest BCUT2D eigenvalue weighted by molar-refractivity contribution is 5.85. The van der Waals surface area contributed by atoms with Crippen LogP contribution in [0.15, 0.2) is 28.8 Å². The number of benzene rings is 1. The normalized spacial score (nSPS) is 16.3. The maximum atomic E-state index is 12.8. The van der Waals surface area contributed by atoms with Crippen LogP contribution in [0.5, 0.6) is 5.75 Å². The van der Waals surface area contributed by atoms with E-state index in [0.29, 0.717) is 5.82 Å². The third-order valence-electron chi connectivity index (χ3n) is 3.70. The van der Waals surface area contributed by atoms with Gasteiger partial charge in [-0.25, -0.2) is 0 Å². The van der Waals surface area contributed by atoms with E-state index in [1.165, 1.54) is 18.2 Å². The summed E-state index contributed by atoms with van der Waals surface area (Å²) in [5.74, 6) is 0.200. The lowest BCUT2D eigenvalue weighted by molar-refractivity contribution is -0.139. The molecule has 1 aromatic carbocycles. The van der Waals surface area contributed by atoms with Crippen LogP contribution in [-0.4, -0.2) is 10.1 Å². The van der Waals surface area contributed by atoms with Crippen molar-refractivity contribution < 1.29 is 22.4 Å². The Kier molecular flexibility index (Phi) is 4.86. The van der Waals surface area contributed by atoms with Crippen LogP contribution < -0.4 is 10.5 Å². The summed E-state index contributed by atoms with van der Waals surface area (Å²) < 4.78 is 48.7. The molecule has 0 bridgehead atoms. The lowest BCUT2D eigenvalue weighted by atomic mass is 9.77. The summed E-state index contributed by atoms with van der Waals surface area (Å²) in [6, 6.07) is 4.97. The van der Waals surface area contributed by atoms with Crippen LogP contribution in [-0.2, 0) is 18.3 Å². The van der Waals surface area contributed by atoms with Gasteiger partial charge in [0.15, 0.2) is 12.4 Å². The molecule has 1 aliphatic rings. The molecule has 0 amide bonds. The third kappa shape index (κ3) is 3.59. The quantitative estimate of drug-likeness (QED) is 0.915. The molecule has 1 aromatic heterocycles. The molecule has 0 atom stereocenters. The molecule has 3 rings (SSSR count). The minimum Gasteiger partial charge on any atom is -0.483 e. The average Bonchev–Trinajstić information content (AvgIpc) is 2.91. The minimum absolute atomic E-state index is 0. The SMILES string of the molecule is Cl.NC1(c2noc(COc3ccccc3C(F)(F)F)n2)CCC1. The summed E-state index contributed by atoms with van der Waals surface area (Å²) in [5, 5.41) is 3.78. The van der Waals surface area contributed by atoms with E-state index in [2.05, 4.69) is 10.1 Å². The number of aromatic nitrogens is 2. The summed E-state index contributed by atoms with van der Waals surface area (Å²) in [5.41, 5.74) is 4.63. The van der Waals surface area contributed by atoms with Gasteiger partial charge in [0.25, 0.3) is 5.89 Å². The highest BCUT2D eigenvalue weighted by Crippen LogP contribution is 2.38. The van der Waals surface area contributed by atoms with Gasteiger partial charge in [0.1, 0.15) is 5.75 Å². The first-order valence-electron chi connectivity index (χ1n) is 6.79. The highest BCUT2D eigenvalue weighted by atomic mass is 35.5. The molecule has 1 aliphatic carbocycles. The van der Waals surface area contributed by atoms with Gasteiger partial charge in [-0.1, -0.05) is 17.3 Å². The largest absolute Gasteiger partial charge is 0.483 e. The molecule has 2 aromatic rings.